The van der Waals surface area contributed by atoms with Crippen LogP contribution in [-0.2, 0) is 13.1 Å². The molecular weight excluding hydrogens is 344 g/mol. The minimum atomic E-state index is 0.540. The van der Waals surface area contributed by atoms with Gasteiger partial charge in [-0.3, -0.25) is 9.88 Å². The Morgan fingerprint density at radius 2 is 1.79 bits per heavy atom. The number of aromatic nitrogens is 1. The molecule has 2 aromatic carbocycles. The number of anilines is 1. The van der Waals surface area contributed by atoms with E-state index in [2.05, 4.69) is 64.2 Å². The molecule has 1 aromatic heterocycles. The van der Waals surface area contributed by atoms with Gasteiger partial charge in [0.05, 0.1) is 11.1 Å². The van der Waals surface area contributed by atoms with Crippen molar-refractivity contribution in [3.63, 3.8) is 0 Å². The number of piperidine rings is 1. The summed E-state index contributed by atoms with van der Waals surface area (Å²) in [7, 11) is 0. The first-order valence-corrected chi connectivity index (χ1v) is 10.1. The van der Waals surface area contributed by atoms with E-state index in [4.69, 9.17) is 0 Å². The van der Waals surface area contributed by atoms with Crippen LogP contribution in [0, 0.1) is 17.2 Å². The van der Waals surface area contributed by atoms with Gasteiger partial charge in [-0.05, 0) is 47.7 Å². The van der Waals surface area contributed by atoms with Crippen molar-refractivity contribution >= 4 is 16.6 Å². The summed E-state index contributed by atoms with van der Waals surface area (Å²) in [6.07, 6.45) is 3.01. The molecule has 140 valence electrons. The number of nitrogens with zero attached hydrogens (tertiary/aromatic N) is 4. The van der Waals surface area contributed by atoms with Crippen LogP contribution in [0.15, 0.2) is 54.7 Å². The highest BCUT2D eigenvalue weighted by Gasteiger charge is 2.32. The van der Waals surface area contributed by atoms with Crippen LogP contribution in [0.1, 0.15) is 30.0 Å². The summed E-state index contributed by atoms with van der Waals surface area (Å²) in [6.45, 7) is 6.53. The van der Waals surface area contributed by atoms with E-state index in [1.807, 2.05) is 12.1 Å². The molecule has 2 aliphatic rings. The maximum absolute atomic E-state index is 9.44. The number of fused-ring (bicyclic) bond motifs is 2. The predicted molar refractivity (Wildman–Crippen MR) is 112 cm³/mol. The lowest BCUT2D eigenvalue weighted by Crippen LogP contribution is -2.49. The van der Waals surface area contributed by atoms with Gasteiger partial charge in [0.25, 0.3) is 0 Å². The third kappa shape index (κ3) is 2.93. The minimum Gasteiger partial charge on any atom is -0.369 e. The highest BCUT2D eigenvalue weighted by atomic mass is 15.2. The Kier molecular flexibility index (Phi) is 4.26. The average molecular weight is 368 g/mol. The SMILES string of the molecule is C[C@H]1C[C@@H](N2Cc3ccccc3C2)CN(c2ccc(C#N)c3ncccc23)C1. The topological polar surface area (TPSA) is 43.2 Å². The second-order valence-corrected chi connectivity index (χ2v) is 8.22. The lowest BCUT2D eigenvalue weighted by molar-refractivity contribution is 0.157. The number of hydrogen-bond acceptors (Lipinski definition) is 4. The van der Waals surface area contributed by atoms with Crippen LogP contribution in [-0.4, -0.2) is 29.0 Å². The standard InChI is InChI=1S/C24H24N4/c1-17-11-21(27-14-19-5-2-3-6-20(19)15-27)16-28(13-17)23-9-8-18(12-25)24-22(23)7-4-10-26-24/h2-10,17,21H,11,13-16H2,1H3/t17-,21+/m0/s1. The largest absolute Gasteiger partial charge is 0.369 e. The fourth-order valence-electron chi connectivity index (χ4n) is 4.92. The molecule has 1 fully saturated rings. The van der Waals surface area contributed by atoms with Gasteiger partial charge in [-0.2, -0.15) is 5.26 Å². The first kappa shape index (κ1) is 17.2. The molecule has 5 rings (SSSR count). The summed E-state index contributed by atoms with van der Waals surface area (Å²) in [6, 6.07) is 19.7. The highest BCUT2D eigenvalue weighted by molar-refractivity contribution is 5.95. The normalized spacial score (nSPS) is 22.2. The van der Waals surface area contributed by atoms with Gasteiger partial charge in [-0.1, -0.05) is 31.2 Å². The van der Waals surface area contributed by atoms with Gasteiger partial charge in [-0.15, -0.1) is 0 Å². The molecule has 0 N–H and O–H groups in total. The zero-order chi connectivity index (χ0) is 19.1. The van der Waals surface area contributed by atoms with E-state index in [0.29, 0.717) is 17.5 Å². The van der Waals surface area contributed by atoms with Gasteiger partial charge in [0.1, 0.15) is 6.07 Å². The number of benzene rings is 2. The molecule has 0 amide bonds. The van der Waals surface area contributed by atoms with Crippen molar-refractivity contribution in [2.45, 2.75) is 32.5 Å². The highest BCUT2D eigenvalue weighted by Crippen LogP contribution is 2.34. The summed E-state index contributed by atoms with van der Waals surface area (Å²) in [5.74, 6) is 0.629. The minimum absolute atomic E-state index is 0.540. The van der Waals surface area contributed by atoms with Gasteiger partial charge in [0.15, 0.2) is 0 Å². The van der Waals surface area contributed by atoms with Crippen LogP contribution in [0.2, 0.25) is 0 Å². The van der Waals surface area contributed by atoms with E-state index in [1.165, 1.54) is 23.2 Å². The summed E-state index contributed by atoms with van der Waals surface area (Å²) in [5.41, 5.74) is 5.61. The molecule has 0 radical (unpaired) electrons. The van der Waals surface area contributed by atoms with Crippen molar-refractivity contribution in [1.29, 1.82) is 5.26 Å². The molecule has 3 heterocycles. The van der Waals surface area contributed by atoms with Gasteiger partial charge in [0, 0.05) is 49.5 Å². The zero-order valence-corrected chi connectivity index (χ0v) is 16.2. The van der Waals surface area contributed by atoms with Crippen LogP contribution in [0.4, 0.5) is 5.69 Å². The molecule has 0 spiro atoms. The van der Waals surface area contributed by atoms with Crippen molar-refractivity contribution in [2.24, 2.45) is 5.92 Å². The van der Waals surface area contributed by atoms with E-state index in [-0.39, 0.29) is 0 Å². The van der Waals surface area contributed by atoms with Crippen LogP contribution >= 0.6 is 0 Å². The Morgan fingerprint density at radius 1 is 1.00 bits per heavy atom. The van der Waals surface area contributed by atoms with E-state index in [9.17, 15) is 5.26 Å². The predicted octanol–water partition coefficient (Wildman–Crippen LogP) is 4.34. The summed E-state index contributed by atoms with van der Waals surface area (Å²) >= 11 is 0. The Hall–Kier alpha value is -2.90. The molecule has 0 bridgehead atoms. The lowest BCUT2D eigenvalue weighted by atomic mass is 9.93. The molecule has 4 heteroatoms. The Bertz CT molecular complexity index is 1040. The van der Waals surface area contributed by atoms with Gasteiger partial charge < -0.3 is 4.90 Å². The van der Waals surface area contributed by atoms with Crippen LogP contribution in [0.25, 0.3) is 10.9 Å². The molecule has 1 saturated heterocycles. The third-order valence-corrected chi connectivity index (χ3v) is 6.23. The third-order valence-electron chi connectivity index (χ3n) is 6.23. The molecule has 0 aliphatic carbocycles. The van der Waals surface area contributed by atoms with Crippen molar-refractivity contribution < 1.29 is 0 Å². The van der Waals surface area contributed by atoms with Crippen molar-refractivity contribution in [1.82, 2.24) is 9.88 Å². The summed E-state index contributed by atoms with van der Waals surface area (Å²) in [5, 5.41) is 10.5. The number of nitriles is 1. The monoisotopic (exact) mass is 368 g/mol. The van der Waals surface area contributed by atoms with Crippen molar-refractivity contribution in [3.8, 4) is 6.07 Å². The number of hydrogen-bond donors (Lipinski definition) is 0. The molecular formula is C24H24N4. The zero-order valence-electron chi connectivity index (χ0n) is 16.2. The smallest absolute Gasteiger partial charge is 0.101 e. The van der Waals surface area contributed by atoms with E-state index < -0.39 is 0 Å². The molecule has 28 heavy (non-hydrogen) atoms. The van der Waals surface area contributed by atoms with Gasteiger partial charge >= 0.3 is 0 Å². The summed E-state index contributed by atoms with van der Waals surface area (Å²) in [4.78, 5) is 9.63. The van der Waals surface area contributed by atoms with Crippen molar-refractivity contribution in [2.75, 3.05) is 18.0 Å². The van der Waals surface area contributed by atoms with Gasteiger partial charge in [0.2, 0.25) is 0 Å². The fourth-order valence-corrected chi connectivity index (χ4v) is 4.92. The molecule has 0 saturated carbocycles. The molecule has 0 unspecified atom stereocenters. The fraction of sp³-hybridized carbons (Fsp3) is 0.333. The molecule has 2 atom stereocenters. The Morgan fingerprint density at radius 3 is 2.54 bits per heavy atom. The van der Waals surface area contributed by atoms with E-state index >= 15 is 0 Å². The lowest BCUT2D eigenvalue weighted by Gasteiger charge is -2.42. The first-order chi connectivity index (χ1) is 13.7. The molecule has 2 aliphatic heterocycles. The van der Waals surface area contributed by atoms with Crippen LogP contribution in [0.3, 0.4) is 0 Å². The quantitative estimate of drug-likeness (QED) is 0.675. The second kappa shape index (κ2) is 6.92. The van der Waals surface area contributed by atoms with Crippen LogP contribution in [0.5, 0.6) is 0 Å². The first-order valence-electron chi connectivity index (χ1n) is 10.1. The van der Waals surface area contributed by atoms with Crippen molar-refractivity contribution in [3.05, 3.63) is 71.4 Å². The number of rotatable bonds is 2. The van der Waals surface area contributed by atoms with E-state index in [0.717, 1.165) is 37.1 Å². The van der Waals surface area contributed by atoms with E-state index in [1.54, 1.807) is 6.20 Å². The van der Waals surface area contributed by atoms with Crippen LogP contribution < -0.4 is 4.90 Å². The Balaban J connectivity index is 1.46. The Labute approximate surface area is 166 Å². The molecule has 3 aromatic rings. The number of pyridine rings is 1. The second-order valence-electron chi connectivity index (χ2n) is 8.22. The van der Waals surface area contributed by atoms with Gasteiger partial charge in [-0.25, -0.2) is 0 Å². The molecule has 4 nitrogen and oxygen atoms in total. The maximum atomic E-state index is 9.44. The average Bonchev–Trinajstić information content (AvgIpc) is 3.17. The maximum Gasteiger partial charge on any atom is 0.101 e. The summed E-state index contributed by atoms with van der Waals surface area (Å²) < 4.78 is 0.